The summed E-state index contributed by atoms with van der Waals surface area (Å²) in [5.74, 6) is 0.687. The van der Waals surface area contributed by atoms with Crippen molar-refractivity contribution < 1.29 is 4.79 Å². The van der Waals surface area contributed by atoms with Crippen molar-refractivity contribution >= 4 is 34.1 Å². The average Bonchev–Trinajstić information content (AvgIpc) is 3.09. The number of imidazole rings is 1. The van der Waals surface area contributed by atoms with Gasteiger partial charge in [-0.3, -0.25) is 9.78 Å². The molecule has 1 amide bonds. The van der Waals surface area contributed by atoms with Gasteiger partial charge >= 0.3 is 0 Å². The van der Waals surface area contributed by atoms with Crippen LogP contribution in [0.25, 0.3) is 28.1 Å². The van der Waals surface area contributed by atoms with E-state index < -0.39 is 0 Å². The Kier molecular flexibility index (Phi) is 4.38. The summed E-state index contributed by atoms with van der Waals surface area (Å²) in [5, 5.41) is 2.85. The van der Waals surface area contributed by atoms with E-state index in [0.717, 1.165) is 27.9 Å². The van der Waals surface area contributed by atoms with Crippen LogP contribution in [0.15, 0.2) is 60.8 Å². The van der Waals surface area contributed by atoms with Crippen molar-refractivity contribution in [2.24, 2.45) is 0 Å². The van der Waals surface area contributed by atoms with Crippen LogP contribution in [0.4, 0.5) is 0 Å². The molecule has 0 saturated heterocycles. The summed E-state index contributed by atoms with van der Waals surface area (Å²) in [6, 6.07) is 15.5. The van der Waals surface area contributed by atoms with Crippen LogP contribution < -0.4 is 5.32 Å². The Morgan fingerprint density at radius 3 is 2.62 bits per heavy atom. The highest BCUT2D eigenvalue weighted by Crippen LogP contribution is 2.10. The van der Waals surface area contributed by atoms with Gasteiger partial charge in [-0.1, -0.05) is 24.3 Å². The largest absolute Gasteiger partial charge is 0.352 e. The summed E-state index contributed by atoms with van der Waals surface area (Å²) in [5.41, 5.74) is 4.23. The van der Waals surface area contributed by atoms with Crippen LogP contribution in [0.2, 0.25) is 0 Å². The lowest BCUT2D eigenvalue weighted by atomic mass is 10.3. The maximum atomic E-state index is 12.0. The lowest BCUT2D eigenvalue weighted by Gasteiger charge is -2.00. The number of H-pyrrole nitrogens is 1. The minimum absolute atomic E-state index is 0.170. The SMILES string of the molecule is O=C(/C=C/c1cnc2ccccc2n1)NCCc1nc2ccccc2[nH]1. The van der Waals surface area contributed by atoms with Gasteiger partial charge in [-0.15, -0.1) is 0 Å². The molecule has 6 nitrogen and oxygen atoms in total. The molecule has 0 spiro atoms. The highest BCUT2D eigenvalue weighted by molar-refractivity contribution is 5.91. The van der Waals surface area contributed by atoms with E-state index in [4.69, 9.17) is 0 Å². The molecule has 2 N–H and O–H groups in total. The number of para-hydroxylation sites is 4. The van der Waals surface area contributed by atoms with Crippen molar-refractivity contribution in [3.63, 3.8) is 0 Å². The molecule has 2 aromatic carbocycles. The normalized spacial score (nSPS) is 11.4. The monoisotopic (exact) mass is 343 g/mol. The van der Waals surface area contributed by atoms with Gasteiger partial charge in [0, 0.05) is 19.0 Å². The van der Waals surface area contributed by atoms with Crippen molar-refractivity contribution in [3.8, 4) is 0 Å². The van der Waals surface area contributed by atoms with Crippen LogP contribution in [0.5, 0.6) is 0 Å². The second-order valence-electron chi connectivity index (χ2n) is 5.86. The Balaban J connectivity index is 1.33. The molecule has 0 radical (unpaired) electrons. The molecule has 0 atom stereocenters. The Morgan fingerprint density at radius 2 is 1.77 bits per heavy atom. The van der Waals surface area contributed by atoms with Gasteiger partial charge in [-0.25, -0.2) is 9.97 Å². The molecule has 128 valence electrons. The van der Waals surface area contributed by atoms with Crippen molar-refractivity contribution in [1.82, 2.24) is 25.3 Å². The summed E-state index contributed by atoms with van der Waals surface area (Å²) in [4.78, 5) is 28.5. The smallest absolute Gasteiger partial charge is 0.244 e. The molecule has 0 aliphatic heterocycles. The minimum Gasteiger partial charge on any atom is -0.352 e. The van der Waals surface area contributed by atoms with Gasteiger partial charge in [0.15, 0.2) is 0 Å². The maximum absolute atomic E-state index is 12.0. The van der Waals surface area contributed by atoms with E-state index in [1.165, 1.54) is 6.08 Å². The summed E-state index contributed by atoms with van der Waals surface area (Å²) in [6.45, 7) is 0.506. The van der Waals surface area contributed by atoms with Crippen LogP contribution in [0.3, 0.4) is 0 Å². The number of hydrogen-bond donors (Lipinski definition) is 2. The van der Waals surface area contributed by atoms with Crippen molar-refractivity contribution in [3.05, 3.63) is 72.3 Å². The zero-order valence-corrected chi connectivity index (χ0v) is 14.0. The Labute approximate surface area is 150 Å². The van der Waals surface area contributed by atoms with Crippen LogP contribution in [-0.4, -0.2) is 32.4 Å². The average molecular weight is 343 g/mol. The number of fused-ring (bicyclic) bond motifs is 2. The molecule has 0 bridgehead atoms. The number of carbonyl (C=O) groups excluding carboxylic acids is 1. The van der Waals surface area contributed by atoms with Gasteiger partial charge in [0.1, 0.15) is 5.82 Å². The first-order valence-electron chi connectivity index (χ1n) is 8.39. The minimum atomic E-state index is -0.170. The second kappa shape index (κ2) is 7.14. The van der Waals surface area contributed by atoms with Gasteiger partial charge in [0.2, 0.25) is 5.91 Å². The summed E-state index contributed by atoms with van der Waals surface area (Å²) in [7, 11) is 0. The fourth-order valence-corrected chi connectivity index (χ4v) is 2.70. The summed E-state index contributed by atoms with van der Waals surface area (Å²) >= 11 is 0. The van der Waals surface area contributed by atoms with Crippen LogP contribution in [0.1, 0.15) is 11.5 Å². The van der Waals surface area contributed by atoms with Crippen molar-refractivity contribution in [2.75, 3.05) is 6.54 Å². The van der Waals surface area contributed by atoms with Gasteiger partial charge in [-0.05, 0) is 30.3 Å². The lowest BCUT2D eigenvalue weighted by molar-refractivity contribution is -0.116. The Hall–Kier alpha value is -3.54. The molecule has 4 rings (SSSR count). The van der Waals surface area contributed by atoms with E-state index in [1.807, 2.05) is 48.5 Å². The number of carbonyl (C=O) groups is 1. The third-order valence-electron chi connectivity index (χ3n) is 3.97. The number of benzene rings is 2. The van der Waals surface area contributed by atoms with Crippen LogP contribution in [0, 0.1) is 0 Å². The fraction of sp³-hybridized carbons (Fsp3) is 0.100. The predicted molar refractivity (Wildman–Crippen MR) is 101 cm³/mol. The number of hydrogen-bond acceptors (Lipinski definition) is 4. The van der Waals surface area contributed by atoms with E-state index >= 15 is 0 Å². The third-order valence-corrected chi connectivity index (χ3v) is 3.97. The molecule has 6 heteroatoms. The molecule has 2 aromatic heterocycles. The van der Waals surface area contributed by atoms with E-state index in [9.17, 15) is 4.79 Å². The summed E-state index contributed by atoms with van der Waals surface area (Å²) in [6.07, 6.45) is 5.43. The summed E-state index contributed by atoms with van der Waals surface area (Å²) < 4.78 is 0. The number of aromatic amines is 1. The topological polar surface area (TPSA) is 83.6 Å². The second-order valence-corrected chi connectivity index (χ2v) is 5.86. The van der Waals surface area contributed by atoms with Gasteiger partial charge < -0.3 is 10.3 Å². The third kappa shape index (κ3) is 3.59. The number of aromatic nitrogens is 4. The first-order chi connectivity index (χ1) is 12.8. The van der Waals surface area contributed by atoms with Crippen molar-refractivity contribution in [2.45, 2.75) is 6.42 Å². The fourth-order valence-electron chi connectivity index (χ4n) is 2.70. The molecule has 0 saturated carbocycles. The highest BCUT2D eigenvalue weighted by Gasteiger charge is 2.03. The quantitative estimate of drug-likeness (QED) is 0.546. The lowest BCUT2D eigenvalue weighted by Crippen LogP contribution is -2.23. The number of nitrogens with one attached hydrogen (secondary N) is 2. The van der Waals surface area contributed by atoms with E-state index in [2.05, 4.69) is 25.3 Å². The van der Waals surface area contributed by atoms with E-state index in [1.54, 1.807) is 12.3 Å². The molecule has 0 fully saturated rings. The van der Waals surface area contributed by atoms with Crippen LogP contribution in [-0.2, 0) is 11.2 Å². The Morgan fingerprint density at radius 1 is 1.00 bits per heavy atom. The number of nitrogens with zero attached hydrogens (tertiary/aromatic N) is 3. The first kappa shape index (κ1) is 16.0. The molecule has 0 aliphatic carbocycles. The predicted octanol–water partition coefficient (Wildman–Crippen LogP) is 2.88. The molecule has 2 heterocycles. The standard InChI is InChI=1S/C20H17N5O/c26-20(10-9-14-13-22-15-5-1-2-6-16(15)23-14)21-12-11-19-24-17-7-3-4-8-18(17)25-19/h1-10,13H,11-12H2,(H,21,26)(H,24,25)/b10-9+. The van der Waals surface area contributed by atoms with E-state index in [-0.39, 0.29) is 5.91 Å². The first-order valence-corrected chi connectivity index (χ1v) is 8.39. The zero-order chi connectivity index (χ0) is 17.8. The molecule has 26 heavy (non-hydrogen) atoms. The van der Waals surface area contributed by atoms with Gasteiger partial charge in [0.05, 0.1) is 34.0 Å². The number of amides is 1. The van der Waals surface area contributed by atoms with Crippen LogP contribution >= 0.6 is 0 Å². The molecular weight excluding hydrogens is 326 g/mol. The van der Waals surface area contributed by atoms with E-state index in [0.29, 0.717) is 18.7 Å². The highest BCUT2D eigenvalue weighted by atomic mass is 16.1. The maximum Gasteiger partial charge on any atom is 0.244 e. The zero-order valence-electron chi connectivity index (χ0n) is 14.0. The molecule has 4 aromatic rings. The number of rotatable bonds is 5. The van der Waals surface area contributed by atoms with Gasteiger partial charge in [-0.2, -0.15) is 0 Å². The Bertz CT molecular complexity index is 1070. The molecular formula is C20H17N5O. The van der Waals surface area contributed by atoms with Crippen molar-refractivity contribution in [1.29, 1.82) is 0 Å². The van der Waals surface area contributed by atoms with Gasteiger partial charge in [0.25, 0.3) is 0 Å². The molecule has 0 unspecified atom stereocenters. The molecule has 0 aliphatic rings.